The molecule has 0 saturated carbocycles. The van der Waals surface area contributed by atoms with Crippen LogP contribution in [0.15, 0.2) is 24.3 Å². The van der Waals surface area contributed by atoms with E-state index in [9.17, 15) is 4.79 Å². The number of benzene rings is 1. The highest BCUT2D eigenvalue weighted by molar-refractivity contribution is 6.35. The molecule has 7 heteroatoms. The van der Waals surface area contributed by atoms with Gasteiger partial charge in [0.1, 0.15) is 6.54 Å². The highest BCUT2D eigenvalue weighted by Crippen LogP contribution is 2.26. The molecule has 1 aliphatic heterocycles. The number of hydrogen-bond acceptors (Lipinski definition) is 3. The van der Waals surface area contributed by atoms with Crippen molar-refractivity contribution < 1.29 is 4.79 Å². The molecule has 1 aliphatic rings. The zero-order chi connectivity index (χ0) is 18.0. The second-order valence-electron chi connectivity index (χ2n) is 6.44. The van der Waals surface area contributed by atoms with Crippen molar-refractivity contribution >= 4 is 29.1 Å². The van der Waals surface area contributed by atoms with Crippen molar-refractivity contribution in [2.75, 3.05) is 26.2 Å². The van der Waals surface area contributed by atoms with Gasteiger partial charge in [-0.2, -0.15) is 5.10 Å². The number of nitrogens with zero attached hydrogens (tertiary/aromatic N) is 4. The van der Waals surface area contributed by atoms with E-state index in [0.717, 1.165) is 30.0 Å². The number of aromatic nitrogens is 2. The molecular formula is C18H22Cl2N4O. The van der Waals surface area contributed by atoms with Gasteiger partial charge in [0.25, 0.3) is 0 Å². The minimum absolute atomic E-state index is 0.113. The number of halogens is 2. The molecule has 1 fully saturated rings. The van der Waals surface area contributed by atoms with E-state index in [2.05, 4.69) is 10.00 Å². The second kappa shape index (κ2) is 7.77. The lowest BCUT2D eigenvalue weighted by Crippen LogP contribution is -2.49. The van der Waals surface area contributed by atoms with E-state index in [1.165, 1.54) is 0 Å². The van der Waals surface area contributed by atoms with Crippen LogP contribution in [0.25, 0.3) is 0 Å². The van der Waals surface area contributed by atoms with Crippen molar-refractivity contribution in [3.63, 3.8) is 0 Å². The first-order valence-corrected chi connectivity index (χ1v) is 9.13. The van der Waals surface area contributed by atoms with Crippen LogP contribution in [0.5, 0.6) is 0 Å². The van der Waals surface area contributed by atoms with Gasteiger partial charge in [0.05, 0.1) is 5.69 Å². The quantitative estimate of drug-likeness (QED) is 0.817. The van der Waals surface area contributed by atoms with E-state index in [0.29, 0.717) is 36.2 Å². The molecule has 1 aromatic heterocycles. The molecule has 0 atom stereocenters. The van der Waals surface area contributed by atoms with Crippen LogP contribution in [0.4, 0.5) is 0 Å². The predicted molar refractivity (Wildman–Crippen MR) is 100 cm³/mol. The summed E-state index contributed by atoms with van der Waals surface area (Å²) in [5.41, 5.74) is 2.90. The summed E-state index contributed by atoms with van der Waals surface area (Å²) in [6.07, 6.45) is 0. The topological polar surface area (TPSA) is 41.4 Å². The summed E-state index contributed by atoms with van der Waals surface area (Å²) in [4.78, 5) is 16.7. The van der Waals surface area contributed by atoms with Crippen molar-refractivity contribution in [3.05, 3.63) is 51.3 Å². The summed E-state index contributed by atoms with van der Waals surface area (Å²) < 4.78 is 1.77. The average Bonchev–Trinajstić information content (AvgIpc) is 2.89. The monoisotopic (exact) mass is 380 g/mol. The van der Waals surface area contributed by atoms with Gasteiger partial charge in [-0.3, -0.25) is 14.4 Å². The minimum atomic E-state index is 0.113. The highest BCUT2D eigenvalue weighted by atomic mass is 35.5. The van der Waals surface area contributed by atoms with E-state index >= 15 is 0 Å². The summed E-state index contributed by atoms with van der Waals surface area (Å²) >= 11 is 12.5. The molecule has 0 unspecified atom stereocenters. The van der Waals surface area contributed by atoms with E-state index in [4.69, 9.17) is 23.2 Å². The van der Waals surface area contributed by atoms with Crippen molar-refractivity contribution in [2.24, 2.45) is 0 Å². The van der Waals surface area contributed by atoms with Crippen LogP contribution in [-0.4, -0.2) is 51.7 Å². The summed E-state index contributed by atoms with van der Waals surface area (Å²) in [5.74, 6) is 0.113. The number of carbonyl (C=O) groups is 1. The lowest BCUT2D eigenvalue weighted by molar-refractivity contribution is -0.133. The summed E-state index contributed by atoms with van der Waals surface area (Å²) in [5, 5.41) is 5.75. The van der Waals surface area contributed by atoms with Gasteiger partial charge < -0.3 is 4.90 Å². The maximum absolute atomic E-state index is 12.5. The Hall–Kier alpha value is -1.56. The first-order valence-electron chi connectivity index (χ1n) is 8.38. The van der Waals surface area contributed by atoms with E-state index in [1.54, 1.807) is 4.68 Å². The third kappa shape index (κ3) is 4.35. The van der Waals surface area contributed by atoms with Crippen LogP contribution in [0.2, 0.25) is 10.0 Å². The zero-order valence-corrected chi connectivity index (χ0v) is 16.0. The normalized spacial score (nSPS) is 15.6. The van der Waals surface area contributed by atoms with Crippen molar-refractivity contribution in [1.82, 2.24) is 19.6 Å². The summed E-state index contributed by atoms with van der Waals surface area (Å²) in [7, 11) is 0. The Morgan fingerprint density at radius 2 is 1.76 bits per heavy atom. The lowest BCUT2D eigenvalue weighted by Gasteiger charge is -2.35. The molecule has 1 amide bonds. The molecule has 0 bridgehead atoms. The van der Waals surface area contributed by atoms with E-state index < -0.39 is 0 Å². The van der Waals surface area contributed by atoms with Gasteiger partial charge in [-0.1, -0.05) is 29.3 Å². The molecule has 5 nitrogen and oxygen atoms in total. The maximum atomic E-state index is 12.5. The van der Waals surface area contributed by atoms with Crippen LogP contribution in [0.3, 0.4) is 0 Å². The second-order valence-corrected chi connectivity index (χ2v) is 7.26. The molecule has 1 aromatic carbocycles. The van der Waals surface area contributed by atoms with Crippen LogP contribution < -0.4 is 0 Å². The Morgan fingerprint density at radius 3 is 2.32 bits per heavy atom. The zero-order valence-electron chi connectivity index (χ0n) is 14.5. The SMILES string of the molecule is Cc1cc(C)n(CC(=O)N2CCN(Cc3c(Cl)cccc3Cl)CC2)n1. The van der Waals surface area contributed by atoms with Crippen molar-refractivity contribution in [1.29, 1.82) is 0 Å². The van der Waals surface area contributed by atoms with Gasteiger partial charge in [0.2, 0.25) is 5.91 Å². The number of aryl methyl sites for hydroxylation is 2. The molecular weight excluding hydrogens is 359 g/mol. The van der Waals surface area contributed by atoms with Gasteiger partial charge in [0, 0.05) is 54.0 Å². The highest BCUT2D eigenvalue weighted by Gasteiger charge is 2.22. The Morgan fingerprint density at radius 1 is 1.12 bits per heavy atom. The lowest BCUT2D eigenvalue weighted by atomic mass is 10.2. The van der Waals surface area contributed by atoms with Gasteiger partial charge in [0.15, 0.2) is 0 Å². The largest absolute Gasteiger partial charge is 0.339 e. The molecule has 134 valence electrons. The fourth-order valence-corrected chi connectivity index (χ4v) is 3.64. The molecule has 0 radical (unpaired) electrons. The molecule has 2 heterocycles. The van der Waals surface area contributed by atoms with Crippen LogP contribution in [0.1, 0.15) is 17.0 Å². The molecule has 2 aromatic rings. The van der Waals surface area contributed by atoms with Crippen molar-refractivity contribution in [2.45, 2.75) is 26.9 Å². The Kier molecular flexibility index (Phi) is 5.67. The van der Waals surface area contributed by atoms with E-state index in [1.807, 2.05) is 43.0 Å². The molecule has 1 saturated heterocycles. The smallest absolute Gasteiger partial charge is 0.244 e. The fraction of sp³-hybridized carbons (Fsp3) is 0.444. The van der Waals surface area contributed by atoms with Gasteiger partial charge in [-0.25, -0.2) is 0 Å². The third-order valence-corrected chi connectivity index (χ3v) is 5.27. The maximum Gasteiger partial charge on any atom is 0.244 e. The number of carbonyl (C=O) groups excluding carboxylic acids is 1. The van der Waals surface area contributed by atoms with Gasteiger partial charge in [-0.15, -0.1) is 0 Å². The number of hydrogen-bond donors (Lipinski definition) is 0. The van der Waals surface area contributed by atoms with Gasteiger partial charge >= 0.3 is 0 Å². The Balaban J connectivity index is 1.55. The van der Waals surface area contributed by atoms with Crippen LogP contribution in [0, 0.1) is 13.8 Å². The molecule has 0 aliphatic carbocycles. The predicted octanol–water partition coefficient (Wildman–Crippen LogP) is 3.15. The molecule has 0 spiro atoms. The first kappa shape index (κ1) is 18.2. The number of rotatable bonds is 4. The third-order valence-electron chi connectivity index (χ3n) is 4.56. The minimum Gasteiger partial charge on any atom is -0.339 e. The average molecular weight is 381 g/mol. The molecule has 3 rings (SSSR count). The summed E-state index contributed by atoms with van der Waals surface area (Å²) in [6, 6.07) is 7.55. The standard InChI is InChI=1S/C18H22Cl2N4O/c1-13-10-14(2)24(21-13)12-18(25)23-8-6-22(7-9-23)11-15-16(19)4-3-5-17(15)20/h3-5,10H,6-9,11-12H2,1-2H3. The number of piperazine rings is 1. The Bertz CT molecular complexity index is 746. The van der Waals surface area contributed by atoms with Gasteiger partial charge in [-0.05, 0) is 32.0 Å². The molecule has 25 heavy (non-hydrogen) atoms. The van der Waals surface area contributed by atoms with Crippen LogP contribution >= 0.6 is 23.2 Å². The fourth-order valence-electron chi connectivity index (χ4n) is 3.13. The van der Waals surface area contributed by atoms with Crippen LogP contribution in [-0.2, 0) is 17.9 Å². The first-order chi connectivity index (χ1) is 11.9. The number of amides is 1. The molecule has 0 N–H and O–H groups in total. The van der Waals surface area contributed by atoms with E-state index in [-0.39, 0.29) is 5.91 Å². The van der Waals surface area contributed by atoms with Crippen molar-refractivity contribution in [3.8, 4) is 0 Å². The Labute approximate surface area is 158 Å². The summed E-state index contributed by atoms with van der Waals surface area (Å²) in [6.45, 7) is 7.95.